The van der Waals surface area contributed by atoms with Gasteiger partial charge in [0.15, 0.2) is 0 Å². The SMILES string of the molecule is CC(CNc1ncc(Cl)cn1)c1ccccc1. The summed E-state index contributed by atoms with van der Waals surface area (Å²) >= 11 is 5.72. The molecule has 0 saturated carbocycles. The van der Waals surface area contributed by atoms with Gasteiger partial charge in [-0.2, -0.15) is 0 Å². The van der Waals surface area contributed by atoms with Crippen LogP contribution in [0.1, 0.15) is 18.4 Å². The highest BCUT2D eigenvalue weighted by Gasteiger charge is 2.05. The van der Waals surface area contributed by atoms with Gasteiger partial charge in [0, 0.05) is 6.54 Å². The monoisotopic (exact) mass is 247 g/mol. The van der Waals surface area contributed by atoms with Crippen LogP contribution in [-0.2, 0) is 0 Å². The number of halogens is 1. The summed E-state index contributed by atoms with van der Waals surface area (Å²) in [4.78, 5) is 8.18. The van der Waals surface area contributed by atoms with E-state index in [1.807, 2.05) is 18.2 Å². The van der Waals surface area contributed by atoms with Gasteiger partial charge < -0.3 is 5.32 Å². The Balaban J connectivity index is 1.92. The third kappa shape index (κ3) is 3.43. The van der Waals surface area contributed by atoms with Crippen molar-refractivity contribution in [2.45, 2.75) is 12.8 Å². The lowest BCUT2D eigenvalue weighted by atomic mass is 10.0. The average molecular weight is 248 g/mol. The van der Waals surface area contributed by atoms with Crippen molar-refractivity contribution in [1.82, 2.24) is 9.97 Å². The molecule has 4 heteroatoms. The minimum Gasteiger partial charge on any atom is -0.354 e. The topological polar surface area (TPSA) is 37.8 Å². The molecule has 1 unspecified atom stereocenters. The highest BCUT2D eigenvalue weighted by atomic mass is 35.5. The molecule has 88 valence electrons. The molecule has 1 heterocycles. The van der Waals surface area contributed by atoms with Crippen LogP contribution in [0.3, 0.4) is 0 Å². The molecule has 0 bridgehead atoms. The standard InChI is InChI=1S/C13H14ClN3/c1-10(11-5-3-2-4-6-11)7-15-13-16-8-12(14)9-17-13/h2-6,8-10H,7H2,1H3,(H,15,16,17). The Labute approximate surface area is 106 Å². The minimum atomic E-state index is 0.412. The molecule has 17 heavy (non-hydrogen) atoms. The van der Waals surface area contributed by atoms with Gasteiger partial charge in [-0.1, -0.05) is 48.9 Å². The molecule has 2 aromatic rings. The Hall–Kier alpha value is -1.61. The van der Waals surface area contributed by atoms with Crippen molar-refractivity contribution in [2.24, 2.45) is 0 Å². The highest BCUT2D eigenvalue weighted by molar-refractivity contribution is 6.30. The zero-order valence-corrected chi connectivity index (χ0v) is 10.4. The predicted molar refractivity (Wildman–Crippen MR) is 70.4 cm³/mol. The van der Waals surface area contributed by atoms with Crippen molar-refractivity contribution in [2.75, 3.05) is 11.9 Å². The fourth-order valence-corrected chi connectivity index (χ4v) is 1.64. The van der Waals surface area contributed by atoms with E-state index in [4.69, 9.17) is 11.6 Å². The number of hydrogen-bond donors (Lipinski definition) is 1. The van der Waals surface area contributed by atoms with E-state index >= 15 is 0 Å². The first-order chi connectivity index (χ1) is 8.25. The van der Waals surface area contributed by atoms with E-state index in [1.165, 1.54) is 5.56 Å². The van der Waals surface area contributed by atoms with Crippen LogP contribution in [-0.4, -0.2) is 16.5 Å². The maximum Gasteiger partial charge on any atom is 0.222 e. The molecule has 1 atom stereocenters. The summed E-state index contributed by atoms with van der Waals surface area (Å²) in [5.74, 6) is 1.02. The lowest BCUT2D eigenvalue weighted by molar-refractivity contribution is 0.797. The van der Waals surface area contributed by atoms with Crippen molar-refractivity contribution >= 4 is 17.5 Å². The predicted octanol–water partition coefficient (Wildman–Crippen LogP) is 3.35. The van der Waals surface area contributed by atoms with Crippen LogP contribution in [0.5, 0.6) is 0 Å². The van der Waals surface area contributed by atoms with Crippen LogP contribution in [0.15, 0.2) is 42.7 Å². The molecule has 2 rings (SSSR count). The maximum absolute atomic E-state index is 5.72. The third-order valence-corrected chi connectivity index (χ3v) is 2.75. The lowest BCUT2D eigenvalue weighted by Crippen LogP contribution is -2.11. The summed E-state index contributed by atoms with van der Waals surface area (Å²) in [7, 11) is 0. The van der Waals surface area contributed by atoms with E-state index in [9.17, 15) is 0 Å². The van der Waals surface area contributed by atoms with E-state index in [2.05, 4.69) is 34.3 Å². The van der Waals surface area contributed by atoms with Crippen LogP contribution in [0.4, 0.5) is 5.95 Å². The largest absolute Gasteiger partial charge is 0.354 e. The molecule has 0 aliphatic carbocycles. The number of nitrogens with zero attached hydrogens (tertiary/aromatic N) is 2. The zero-order chi connectivity index (χ0) is 12.1. The Bertz CT molecular complexity index is 456. The fraction of sp³-hybridized carbons (Fsp3) is 0.231. The fourth-order valence-electron chi connectivity index (χ4n) is 1.55. The van der Waals surface area contributed by atoms with Crippen molar-refractivity contribution in [1.29, 1.82) is 0 Å². The second kappa shape index (κ2) is 5.64. The second-order valence-electron chi connectivity index (χ2n) is 3.92. The number of rotatable bonds is 4. The Kier molecular flexibility index (Phi) is 3.94. The van der Waals surface area contributed by atoms with Gasteiger partial charge >= 0.3 is 0 Å². The van der Waals surface area contributed by atoms with Gasteiger partial charge in [-0.15, -0.1) is 0 Å². The molecule has 3 nitrogen and oxygen atoms in total. The Morgan fingerprint density at radius 3 is 2.47 bits per heavy atom. The molecule has 1 aromatic carbocycles. The Morgan fingerprint density at radius 1 is 1.18 bits per heavy atom. The van der Waals surface area contributed by atoms with Gasteiger partial charge in [0.25, 0.3) is 0 Å². The van der Waals surface area contributed by atoms with Crippen LogP contribution in [0.2, 0.25) is 5.02 Å². The van der Waals surface area contributed by atoms with Gasteiger partial charge in [-0.3, -0.25) is 0 Å². The lowest BCUT2D eigenvalue weighted by Gasteiger charge is -2.12. The van der Waals surface area contributed by atoms with Crippen LogP contribution < -0.4 is 5.32 Å². The molecule has 0 radical (unpaired) electrons. The number of benzene rings is 1. The summed E-state index contributed by atoms with van der Waals surface area (Å²) in [5, 5.41) is 3.74. The first kappa shape index (κ1) is 11.9. The summed E-state index contributed by atoms with van der Waals surface area (Å²) in [6.45, 7) is 2.96. The average Bonchev–Trinajstić information content (AvgIpc) is 2.39. The molecule has 1 aromatic heterocycles. The van der Waals surface area contributed by atoms with Crippen LogP contribution >= 0.6 is 11.6 Å². The first-order valence-corrected chi connectivity index (χ1v) is 5.90. The Morgan fingerprint density at radius 2 is 1.82 bits per heavy atom. The third-order valence-electron chi connectivity index (χ3n) is 2.56. The molecule has 0 amide bonds. The normalized spacial score (nSPS) is 12.1. The van der Waals surface area contributed by atoms with Gasteiger partial charge in [0.1, 0.15) is 0 Å². The van der Waals surface area contributed by atoms with Gasteiger partial charge in [-0.05, 0) is 11.5 Å². The van der Waals surface area contributed by atoms with Gasteiger partial charge in [0.05, 0.1) is 17.4 Å². The van der Waals surface area contributed by atoms with Crippen molar-refractivity contribution in [3.8, 4) is 0 Å². The van der Waals surface area contributed by atoms with E-state index in [1.54, 1.807) is 12.4 Å². The highest BCUT2D eigenvalue weighted by Crippen LogP contribution is 2.14. The molecule has 0 aliphatic heterocycles. The minimum absolute atomic E-state index is 0.412. The van der Waals surface area contributed by atoms with E-state index in [0.29, 0.717) is 16.9 Å². The number of nitrogens with one attached hydrogen (secondary N) is 1. The van der Waals surface area contributed by atoms with Crippen molar-refractivity contribution in [3.05, 3.63) is 53.3 Å². The quantitative estimate of drug-likeness (QED) is 0.901. The molecule has 0 fully saturated rings. The van der Waals surface area contributed by atoms with Crippen LogP contribution in [0.25, 0.3) is 0 Å². The summed E-state index contributed by atoms with van der Waals surface area (Å²) in [5.41, 5.74) is 1.30. The summed E-state index contributed by atoms with van der Waals surface area (Å²) in [6, 6.07) is 10.4. The van der Waals surface area contributed by atoms with Crippen molar-refractivity contribution in [3.63, 3.8) is 0 Å². The van der Waals surface area contributed by atoms with E-state index in [-0.39, 0.29) is 0 Å². The van der Waals surface area contributed by atoms with Gasteiger partial charge in [-0.25, -0.2) is 9.97 Å². The smallest absolute Gasteiger partial charge is 0.222 e. The molecule has 1 N–H and O–H groups in total. The number of hydrogen-bond acceptors (Lipinski definition) is 3. The van der Waals surface area contributed by atoms with E-state index < -0.39 is 0 Å². The number of anilines is 1. The second-order valence-corrected chi connectivity index (χ2v) is 4.35. The van der Waals surface area contributed by atoms with Gasteiger partial charge in [0.2, 0.25) is 5.95 Å². The van der Waals surface area contributed by atoms with E-state index in [0.717, 1.165) is 6.54 Å². The molecular formula is C13H14ClN3. The van der Waals surface area contributed by atoms with Crippen molar-refractivity contribution < 1.29 is 0 Å². The first-order valence-electron chi connectivity index (χ1n) is 5.52. The number of aromatic nitrogens is 2. The zero-order valence-electron chi connectivity index (χ0n) is 9.60. The van der Waals surface area contributed by atoms with Crippen LogP contribution in [0, 0.1) is 0 Å². The summed E-state index contributed by atoms with van der Waals surface area (Å²) in [6.07, 6.45) is 3.17. The molecule has 0 spiro atoms. The molecule has 0 aliphatic rings. The molecule has 0 saturated heterocycles. The molecular weight excluding hydrogens is 234 g/mol. The summed E-state index contributed by atoms with van der Waals surface area (Å²) < 4.78 is 0. The maximum atomic E-state index is 5.72.